The highest BCUT2D eigenvalue weighted by molar-refractivity contribution is 5.84. The first-order chi connectivity index (χ1) is 10.4. The molecular weight excluding hydrogens is 282 g/mol. The van der Waals surface area contributed by atoms with Crippen molar-refractivity contribution in [1.29, 1.82) is 0 Å². The minimum Gasteiger partial charge on any atom is -0.480 e. The highest BCUT2D eigenvalue weighted by Crippen LogP contribution is 2.35. The lowest BCUT2D eigenvalue weighted by molar-refractivity contribution is -0.152. The molecule has 2 fully saturated rings. The third-order valence-electron chi connectivity index (χ3n) is 5.24. The molecule has 0 bridgehead atoms. The van der Waals surface area contributed by atoms with Crippen LogP contribution in [-0.2, 0) is 14.3 Å². The number of amides is 1. The Balaban J connectivity index is 1.90. The van der Waals surface area contributed by atoms with Gasteiger partial charge in [-0.15, -0.1) is 0 Å². The molecule has 0 radical (unpaired) electrons. The number of aliphatic carboxylic acids is 1. The van der Waals surface area contributed by atoms with Crippen LogP contribution in [-0.4, -0.2) is 47.2 Å². The molecule has 5 heteroatoms. The summed E-state index contributed by atoms with van der Waals surface area (Å²) in [5, 5.41) is 9.16. The molecule has 1 saturated carbocycles. The smallest absolute Gasteiger partial charge is 0.326 e. The maximum atomic E-state index is 12.3. The molecule has 1 aliphatic carbocycles. The molecule has 4 unspecified atom stereocenters. The van der Waals surface area contributed by atoms with Crippen molar-refractivity contribution >= 4 is 11.9 Å². The summed E-state index contributed by atoms with van der Waals surface area (Å²) >= 11 is 0. The van der Waals surface area contributed by atoms with Crippen LogP contribution in [0, 0.1) is 17.8 Å². The molecule has 1 N–H and O–H groups in total. The second kappa shape index (κ2) is 7.44. The minimum absolute atomic E-state index is 0.0182. The van der Waals surface area contributed by atoms with Gasteiger partial charge in [0, 0.05) is 6.54 Å². The monoisotopic (exact) mass is 311 g/mol. The molecule has 1 heterocycles. The molecule has 1 aliphatic heterocycles. The highest BCUT2D eigenvalue weighted by atomic mass is 16.5. The fourth-order valence-electron chi connectivity index (χ4n) is 3.89. The number of carbonyl (C=O) groups excluding carboxylic acids is 1. The Morgan fingerprint density at radius 1 is 1.27 bits per heavy atom. The van der Waals surface area contributed by atoms with Gasteiger partial charge in [0.15, 0.2) is 0 Å². The molecule has 126 valence electrons. The lowest BCUT2D eigenvalue weighted by atomic mass is 9.75. The van der Waals surface area contributed by atoms with E-state index >= 15 is 0 Å². The Labute approximate surface area is 133 Å². The molecule has 5 nitrogen and oxygen atoms in total. The summed E-state index contributed by atoms with van der Waals surface area (Å²) in [5.74, 6) is 0.598. The fourth-order valence-corrected chi connectivity index (χ4v) is 3.89. The van der Waals surface area contributed by atoms with Crippen LogP contribution >= 0.6 is 0 Å². The summed E-state index contributed by atoms with van der Waals surface area (Å²) in [6.07, 6.45) is 4.81. The lowest BCUT2D eigenvalue weighted by Gasteiger charge is -2.37. The van der Waals surface area contributed by atoms with Crippen molar-refractivity contribution in [2.75, 3.05) is 13.2 Å². The third kappa shape index (κ3) is 4.00. The Kier molecular flexibility index (Phi) is 5.84. The van der Waals surface area contributed by atoms with Crippen molar-refractivity contribution in [1.82, 2.24) is 4.90 Å². The number of carboxylic acid groups (broad SMARTS) is 1. The minimum atomic E-state index is -0.905. The predicted octanol–water partition coefficient (Wildman–Crippen LogP) is 2.54. The second-order valence-corrected chi connectivity index (χ2v) is 7.26. The number of carboxylic acids is 1. The van der Waals surface area contributed by atoms with Crippen LogP contribution in [0.25, 0.3) is 0 Å². The topological polar surface area (TPSA) is 66.8 Å². The van der Waals surface area contributed by atoms with Gasteiger partial charge in [-0.05, 0) is 43.4 Å². The van der Waals surface area contributed by atoms with Gasteiger partial charge in [-0.3, -0.25) is 4.79 Å². The standard InChI is InChI=1S/C17H29NO4/c1-11(2)13-7-6-12(3)9-15(13)22-10-16(19)18-8-4-5-14(18)17(20)21/h11-15H,4-10H2,1-3H3,(H,20,21). The van der Waals surface area contributed by atoms with E-state index in [0.29, 0.717) is 30.7 Å². The summed E-state index contributed by atoms with van der Waals surface area (Å²) in [7, 11) is 0. The van der Waals surface area contributed by atoms with Crippen LogP contribution in [0.2, 0.25) is 0 Å². The molecule has 0 aromatic carbocycles. The van der Waals surface area contributed by atoms with Crippen LogP contribution in [0.1, 0.15) is 52.9 Å². The van der Waals surface area contributed by atoms with E-state index in [4.69, 9.17) is 9.84 Å². The fraction of sp³-hybridized carbons (Fsp3) is 0.882. The first-order valence-corrected chi connectivity index (χ1v) is 8.54. The van der Waals surface area contributed by atoms with Crippen LogP contribution in [0.4, 0.5) is 0 Å². The van der Waals surface area contributed by atoms with Crippen LogP contribution in [0.3, 0.4) is 0 Å². The van der Waals surface area contributed by atoms with Gasteiger partial charge < -0.3 is 14.7 Å². The third-order valence-corrected chi connectivity index (χ3v) is 5.24. The van der Waals surface area contributed by atoms with Gasteiger partial charge in [0.05, 0.1) is 6.10 Å². The van der Waals surface area contributed by atoms with Crippen molar-refractivity contribution in [2.24, 2.45) is 17.8 Å². The first-order valence-electron chi connectivity index (χ1n) is 8.54. The van der Waals surface area contributed by atoms with Gasteiger partial charge in [0.2, 0.25) is 5.91 Å². The maximum Gasteiger partial charge on any atom is 0.326 e. The van der Waals surface area contributed by atoms with E-state index in [-0.39, 0.29) is 18.6 Å². The van der Waals surface area contributed by atoms with E-state index in [1.54, 1.807) is 0 Å². The summed E-state index contributed by atoms with van der Waals surface area (Å²) < 4.78 is 5.95. The second-order valence-electron chi connectivity index (χ2n) is 7.26. The van der Waals surface area contributed by atoms with E-state index in [2.05, 4.69) is 20.8 Å². The zero-order valence-electron chi connectivity index (χ0n) is 14.0. The van der Waals surface area contributed by atoms with E-state index < -0.39 is 12.0 Å². The van der Waals surface area contributed by atoms with E-state index in [0.717, 1.165) is 19.3 Å². The van der Waals surface area contributed by atoms with Crippen molar-refractivity contribution in [2.45, 2.75) is 65.0 Å². The Hall–Kier alpha value is -1.10. The van der Waals surface area contributed by atoms with Gasteiger partial charge in [0.1, 0.15) is 12.6 Å². The summed E-state index contributed by atoms with van der Waals surface area (Å²) in [6.45, 7) is 7.20. The Morgan fingerprint density at radius 3 is 2.64 bits per heavy atom. The van der Waals surface area contributed by atoms with Crippen molar-refractivity contribution in [3.05, 3.63) is 0 Å². The van der Waals surface area contributed by atoms with E-state index in [1.165, 1.54) is 11.3 Å². The Bertz CT molecular complexity index is 409. The largest absolute Gasteiger partial charge is 0.480 e. The number of rotatable bonds is 5. The molecule has 2 aliphatic rings. The molecule has 1 amide bonds. The lowest BCUT2D eigenvalue weighted by Crippen LogP contribution is -2.44. The maximum absolute atomic E-state index is 12.3. The summed E-state index contributed by atoms with van der Waals surface area (Å²) in [6, 6.07) is -0.665. The first kappa shape index (κ1) is 17.3. The number of hydrogen-bond donors (Lipinski definition) is 1. The molecule has 22 heavy (non-hydrogen) atoms. The molecule has 0 aromatic heterocycles. The van der Waals surface area contributed by atoms with Crippen molar-refractivity contribution < 1.29 is 19.4 Å². The quantitative estimate of drug-likeness (QED) is 0.847. The van der Waals surface area contributed by atoms with Gasteiger partial charge in [-0.25, -0.2) is 4.79 Å². The number of hydrogen-bond acceptors (Lipinski definition) is 3. The number of carbonyl (C=O) groups is 2. The average Bonchev–Trinajstić information content (AvgIpc) is 2.94. The molecule has 0 spiro atoms. The Morgan fingerprint density at radius 2 is 2.00 bits per heavy atom. The normalized spacial score (nSPS) is 32.5. The zero-order valence-corrected chi connectivity index (χ0v) is 14.0. The van der Waals surface area contributed by atoms with Gasteiger partial charge >= 0.3 is 5.97 Å². The van der Waals surface area contributed by atoms with Crippen molar-refractivity contribution in [3.63, 3.8) is 0 Å². The van der Waals surface area contributed by atoms with E-state index in [1.807, 2.05) is 0 Å². The average molecular weight is 311 g/mol. The van der Waals surface area contributed by atoms with Crippen molar-refractivity contribution in [3.8, 4) is 0 Å². The highest BCUT2D eigenvalue weighted by Gasteiger charge is 2.36. The summed E-state index contributed by atoms with van der Waals surface area (Å²) in [5.41, 5.74) is 0. The van der Waals surface area contributed by atoms with Crippen LogP contribution < -0.4 is 0 Å². The number of likely N-dealkylation sites (tertiary alicyclic amines) is 1. The van der Waals surface area contributed by atoms with Crippen LogP contribution in [0.15, 0.2) is 0 Å². The van der Waals surface area contributed by atoms with Gasteiger partial charge in [-0.1, -0.05) is 27.2 Å². The SMILES string of the molecule is CC1CCC(C(C)C)C(OCC(=O)N2CCCC2C(=O)O)C1. The van der Waals surface area contributed by atoms with Gasteiger partial charge in [0.25, 0.3) is 0 Å². The zero-order chi connectivity index (χ0) is 16.3. The molecule has 1 saturated heterocycles. The van der Waals surface area contributed by atoms with E-state index in [9.17, 15) is 9.59 Å². The molecule has 4 atom stereocenters. The predicted molar refractivity (Wildman–Crippen MR) is 83.5 cm³/mol. The molecular formula is C17H29NO4. The molecule has 0 aromatic rings. The summed E-state index contributed by atoms with van der Waals surface area (Å²) in [4.78, 5) is 24.9. The number of nitrogens with zero attached hydrogens (tertiary/aromatic N) is 1. The van der Waals surface area contributed by atoms with Crippen LogP contribution in [0.5, 0.6) is 0 Å². The van der Waals surface area contributed by atoms with Gasteiger partial charge in [-0.2, -0.15) is 0 Å². The number of ether oxygens (including phenoxy) is 1. The molecule has 2 rings (SSSR count).